The number of benzene rings is 1. The van der Waals surface area contributed by atoms with Gasteiger partial charge in [0.15, 0.2) is 0 Å². The van der Waals surface area contributed by atoms with Crippen molar-refractivity contribution in [2.24, 2.45) is 0 Å². The number of amides is 2. The zero-order chi connectivity index (χ0) is 15.8. The summed E-state index contributed by atoms with van der Waals surface area (Å²) in [4.78, 5) is 18.7. The zero-order valence-corrected chi connectivity index (χ0v) is 13.8. The molecule has 5 heteroatoms. The highest BCUT2D eigenvalue weighted by Crippen LogP contribution is 2.03. The Bertz CT molecular complexity index is 441. The minimum absolute atomic E-state index is 0.0724. The van der Waals surface area contributed by atoms with Gasteiger partial charge in [-0.15, -0.1) is 0 Å². The largest absolute Gasteiger partial charge is 0.338 e. The van der Waals surface area contributed by atoms with Crippen LogP contribution in [0.25, 0.3) is 0 Å². The maximum Gasteiger partial charge on any atom is 0.317 e. The first-order valence-electron chi connectivity index (χ1n) is 8.09. The van der Waals surface area contributed by atoms with Gasteiger partial charge in [0.05, 0.1) is 0 Å². The molecule has 1 aliphatic heterocycles. The number of hydrogen-bond donors (Lipinski definition) is 1. The average molecular weight is 304 g/mol. The van der Waals surface area contributed by atoms with Crippen molar-refractivity contribution in [3.05, 3.63) is 35.9 Å². The Morgan fingerprint density at radius 1 is 1.14 bits per heavy atom. The first kappa shape index (κ1) is 16.8. The summed E-state index contributed by atoms with van der Waals surface area (Å²) in [7, 11) is 4.19. The minimum Gasteiger partial charge on any atom is -0.338 e. The first-order valence-corrected chi connectivity index (χ1v) is 8.09. The lowest BCUT2D eigenvalue weighted by Gasteiger charge is -2.35. The third-order valence-electron chi connectivity index (χ3n) is 4.06. The molecule has 2 amide bonds. The average Bonchev–Trinajstić information content (AvgIpc) is 2.54. The number of carbonyl (C=O) groups is 1. The van der Waals surface area contributed by atoms with E-state index in [1.807, 2.05) is 23.1 Å². The molecule has 0 atom stereocenters. The van der Waals surface area contributed by atoms with Crippen LogP contribution in [0.15, 0.2) is 30.3 Å². The molecular weight excluding hydrogens is 276 g/mol. The predicted molar refractivity (Wildman–Crippen MR) is 90.1 cm³/mol. The van der Waals surface area contributed by atoms with Crippen molar-refractivity contribution in [3.63, 3.8) is 0 Å². The summed E-state index contributed by atoms with van der Waals surface area (Å²) in [6.45, 7) is 6.44. The van der Waals surface area contributed by atoms with E-state index < -0.39 is 0 Å². The number of rotatable bonds is 6. The van der Waals surface area contributed by atoms with Gasteiger partial charge in [-0.1, -0.05) is 30.3 Å². The fraction of sp³-hybridized carbons (Fsp3) is 0.588. The maximum atomic E-state index is 12.1. The zero-order valence-electron chi connectivity index (χ0n) is 13.8. The molecule has 0 saturated carbocycles. The van der Waals surface area contributed by atoms with Crippen LogP contribution >= 0.6 is 0 Å². The molecule has 22 heavy (non-hydrogen) atoms. The third-order valence-corrected chi connectivity index (χ3v) is 4.06. The minimum atomic E-state index is 0.0724. The van der Waals surface area contributed by atoms with E-state index >= 15 is 0 Å². The molecule has 0 unspecified atom stereocenters. The van der Waals surface area contributed by atoms with Crippen LogP contribution in [-0.4, -0.2) is 80.6 Å². The number of likely N-dealkylation sites (N-methyl/N-ethyl adjacent to an activating group) is 1. The molecule has 1 aromatic carbocycles. The van der Waals surface area contributed by atoms with E-state index in [0.717, 1.165) is 45.7 Å². The SMILES string of the molecule is CN(C)CCN1CCN(C(=O)NCCc2ccccc2)CC1. The predicted octanol–water partition coefficient (Wildman–Crippen LogP) is 1.12. The molecule has 5 nitrogen and oxygen atoms in total. The van der Waals surface area contributed by atoms with Crippen LogP contribution in [0.3, 0.4) is 0 Å². The van der Waals surface area contributed by atoms with Crippen molar-refractivity contribution in [1.29, 1.82) is 0 Å². The van der Waals surface area contributed by atoms with Gasteiger partial charge in [-0.05, 0) is 26.1 Å². The Balaban J connectivity index is 1.63. The summed E-state index contributed by atoms with van der Waals surface area (Å²) in [5.41, 5.74) is 1.26. The second-order valence-corrected chi connectivity index (χ2v) is 6.10. The molecule has 0 radical (unpaired) electrons. The second kappa shape index (κ2) is 8.76. The maximum absolute atomic E-state index is 12.1. The Morgan fingerprint density at radius 3 is 2.45 bits per heavy atom. The Labute approximate surface area is 133 Å². The van der Waals surface area contributed by atoms with Crippen LogP contribution in [0.1, 0.15) is 5.56 Å². The summed E-state index contributed by atoms with van der Waals surface area (Å²) in [6, 6.07) is 10.3. The highest BCUT2D eigenvalue weighted by Gasteiger charge is 2.20. The van der Waals surface area contributed by atoms with Gasteiger partial charge in [0, 0.05) is 45.8 Å². The molecular formula is C17H28N4O. The molecule has 1 N–H and O–H groups in total. The highest BCUT2D eigenvalue weighted by molar-refractivity contribution is 5.74. The lowest BCUT2D eigenvalue weighted by atomic mass is 10.1. The monoisotopic (exact) mass is 304 g/mol. The van der Waals surface area contributed by atoms with Gasteiger partial charge in [-0.2, -0.15) is 0 Å². The van der Waals surface area contributed by atoms with Crippen LogP contribution in [0.2, 0.25) is 0 Å². The van der Waals surface area contributed by atoms with E-state index in [1.54, 1.807) is 0 Å². The van der Waals surface area contributed by atoms with Crippen LogP contribution in [0.4, 0.5) is 4.79 Å². The number of carbonyl (C=O) groups excluding carboxylic acids is 1. The van der Waals surface area contributed by atoms with Crippen LogP contribution in [0.5, 0.6) is 0 Å². The van der Waals surface area contributed by atoms with Crippen molar-refractivity contribution in [2.45, 2.75) is 6.42 Å². The Morgan fingerprint density at radius 2 is 1.82 bits per heavy atom. The van der Waals surface area contributed by atoms with Crippen molar-refractivity contribution in [1.82, 2.24) is 20.0 Å². The summed E-state index contributed by atoms with van der Waals surface area (Å²) in [5.74, 6) is 0. The number of nitrogens with one attached hydrogen (secondary N) is 1. The second-order valence-electron chi connectivity index (χ2n) is 6.10. The van der Waals surface area contributed by atoms with Crippen LogP contribution < -0.4 is 5.32 Å². The molecule has 0 spiro atoms. The number of nitrogens with zero attached hydrogens (tertiary/aromatic N) is 3. The van der Waals surface area contributed by atoms with E-state index in [4.69, 9.17) is 0 Å². The third kappa shape index (κ3) is 5.66. The molecule has 1 fully saturated rings. The summed E-state index contributed by atoms with van der Waals surface area (Å²) in [6.07, 6.45) is 0.884. The van der Waals surface area contributed by atoms with Gasteiger partial charge in [0.2, 0.25) is 0 Å². The van der Waals surface area contributed by atoms with Gasteiger partial charge < -0.3 is 15.1 Å². The molecule has 2 rings (SSSR count). The van der Waals surface area contributed by atoms with E-state index in [0.29, 0.717) is 6.54 Å². The van der Waals surface area contributed by atoms with Crippen LogP contribution in [-0.2, 0) is 6.42 Å². The molecule has 1 saturated heterocycles. The molecule has 0 aliphatic carbocycles. The lowest BCUT2D eigenvalue weighted by Crippen LogP contribution is -2.52. The van der Waals surface area contributed by atoms with E-state index in [2.05, 4.69) is 41.3 Å². The van der Waals surface area contributed by atoms with Gasteiger partial charge in [-0.3, -0.25) is 4.90 Å². The number of urea groups is 1. The van der Waals surface area contributed by atoms with Gasteiger partial charge >= 0.3 is 6.03 Å². The van der Waals surface area contributed by atoms with Crippen molar-refractivity contribution in [3.8, 4) is 0 Å². The lowest BCUT2D eigenvalue weighted by molar-refractivity contribution is 0.133. The molecule has 122 valence electrons. The van der Waals surface area contributed by atoms with Crippen molar-refractivity contribution < 1.29 is 4.79 Å². The number of piperazine rings is 1. The van der Waals surface area contributed by atoms with E-state index in [9.17, 15) is 4.79 Å². The van der Waals surface area contributed by atoms with E-state index in [-0.39, 0.29) is 6.03 Å². The summed E-state index contributed by atoms with van der Waals surface area (Å²) in [5, 5.41) is 3.03. The highest BCUT2D eigenvalue weighted by atomic mass is 16.2. The smallest absolute Gasteiger partial charge is 0.317 e. The summed E-state index contributed by atoms with van der Waals surface area (Å²) < 4.78 is 0. The fourth-order valence-corrected chi connectivity index (χ4v) is 2.59. The Kier molecular flexibility index (Phi) is 6.68. The number of hydrogen-bond acceptors (Lipinski definition) is 3. The molecule has 1 aliphatic rings. The summed E-state index contributed by atoms with van der Waals surface area (Å²) >= 11 is 0. The normalized spacial score (nSPS) is 16.0. The topological polar surface area (TPSA) is 38.8 Å². The van der Waals surface area contributed by atoms with E-state index in [1.165, 1.54) is 5.56 Å². The first-order chi connectivity index (χ1) is 10.6. The van der Waals surface area contributed by atoms with Gasteiger partial charge in [-0.25, -0.2) is 4.79 Å². The molecule has 0 bridgehead atoms. The van der Waals surface area contributed by atoms with Gasteiger partial charge in [0.25, 0.3) is 0 Å². The van der Waals surface area contributed by atoms with Crippen LogP contribution in [0, 0.1) is 0 Å². The standard InChI is InChI=1S/C17H28N4O/c1-19(2)10-11-20-12-14-21(15-13-20)17(22)18-9-8-16-6-4-3-5-7-16/h3-7H,8-15H2,1-2H3,(H,18,22). The molecule has 1 heterocycles. The van der Waals surface area contributed by atoms with Crippen molar-refractivity contribution >= 4 is 6.03 Å². The molecule has 1 aromatic rings. The van der Waals surface area contributed by atoms with Gasteiger partial charge in [0.1, 0.15) is 0 Å². The van der Waals surface area contributed by atoms with Crippen molar-refractivity contribution in [2.75, 3.05) is 59.9 Å². The fourth-order valence-electron chi connectivity index (χ4n) is 2.59. The Hall–Kier alpha value is -1.59. The quantitative estimate of drug-likeness (QED) is 0.856. The molecule has 0 aromatic heterocycles.